The van der Waals surface area contributed by atoms with Crippen LogP contribution in [0.15, 0.2) is 42.5 Å². The van der Waals surface area contributed by atoms with Crippen LogP contribution in [0.25, 0.3) is 0 Å². The zero-order valence-electron chi connectivity index (χ0n) is 13.4. The number of para-hydroxylation sites is 1. The highest BCUT2D eigenvalue weighted by Crippen LogP contribution is 2.29. The molecule has 1 amide bonds. The van der Waals surface area contributed by atoms with Gasteiger partial charge in [-0.2, -0.15) is 0 Å². The summed E-state index contributed by atoms with van der Waals surface area (Å²) >= 11 is 5.71. The van der Waals surface area contributed by atoms with Gasteiger partial charge in [0.1, 0.15) is 5.82 Å². The van der Waals surface area contributed by atoms with E-state index in [1.54, 1.807) is 0 Å². The third kappa shape index (κ3) is 4.70. The van der Waals surface area contributed by atoms with Crippen molar-refractivity contribution in [3.8, 4) is 0 Å². The van der Waals surface area contributed by atoms with Crippen molar-refractivity contribution in [1.82, 2.24) is 0 Å². The molecule has 0 saturated carbocycles. The van der Waals surface area contributed by atoms with E-state index in [0.717, 1.165) is 11.3 Å². The molecule has 0 saturated heterocycles. The first-order chi connectivity index (χ1) is 10.8. The van der Waals surface area contributed by atoms with Gasteiger partial charge in [0.25, 0.3) is 0 Å². The molecule has 122 valence electrons. The summed E-state index contributed by atoms with van der Waals surface area (Å²) in [7, 11) is 0. The SMILES string of the molecule is CC(C)(C)c1ccccc1NC(=O)CNc1ccc(F)c(Cl)c1. The Morgan fingerprint density at radius 3 is 2.52 bits per heavy atom. The lowest BCUT2D eigenvalue weighted by molar-refractivity contribution is -0.114. The third-order valence-electron chi connectivity index (χ3n) is 3.38. The molecule has 3 nitrogen and oxygen atoms in total. The van der Waals surface area contributed by atoms with Gasteiger partial charge in [-0.05, 0) is 35.2 Å². The maximum absolute atomic E-state index is 13.1. The molecule has 5 heteroatoms. The minimum Gasteiger partial charge on any atom is -0.376 e. The molecule has 2 aromatic carbocycles. The second-order valence-electron chi connectivity index (χ2n) is 6.33. The standard InChI is InChI=1S/C18H20ClFN2O/c1-18(2,3)13-6-4-5-7-16(13)22-17(23)11-21-12-8-9-15(20)14(19)10-12/h4-10,21H,11H2,1-3H3,(H,22,23). The quantitative estimate of drug-likeness (QED) is 0.841. The van der Waals surface area contributed by atoms with E-state index in [4.69, 9.17) is 11.6 Å². The molecule has 2 N–H and O–H groups in total. The summed E-state index contributed by atoms with van der Waals surface area (Å²) in [6.07, 6.45) is 0. The Balaban J connectivity index is 2.02. The molecule has 2 rings (SSSR count). The molecule has 0 spiro atoms. The van der Waals surface area contributed by atoms with E-state index in [1.807, 2.05) is 24.3 Å². The molecule has 0 bridgehead atoms. The van der Waals surface area contributed by atoms with E-state index in [1.165, 1.54) is 18.2 Å². The van der Waals surface area contributed by atoms with Crippen molar-refractivity contribution in [2.24, 2.45) is 0 Å². The summed E-state index contributed by atoms with van der Waals surface area (Å²) < 4.78 is 13.1. The lowest BCUT2D eigenvalue weighted by Gasteiger charge is -2.23. The zero-order valence-corrected chi connectivity index (χ0v) is 14.2. The Labute approximate surface area is 140 Å². The molecular weight excluding hydrogens is 315 g/mol. The minimum absolute atomic E-state index is 0.0217. The van der Waals surface area contributed by atoms with E-state index in [2.05, 4.69) is 31.4 Å². The zero-order chi connectivity index (χ0) is 17.0. The van der Waals surface area contributed by atoms with Crippen LogP contribution in [0.4, 0.5) is 15.8 Å². The third-order valence-corrected chi connectivity index (χ3v) is 3.67. The first kappa shape index (κ1) is 17.3. The molecule has 0 aliphatic carbocycles. The fraction of sp³-hybridized carbons (Fsp3) is 0.278. The van der Waals surface area contributed by atoms with Crippen molar-refractivity contribution in [3.63, 3.8) is 0 Å². The molecule has 0 aromatic heterocycles. The maximum Gasteiger partial charge on any atom is 0.243 e. The Hall–Kier alpha value is -2.07. The van der Waals surface area contributed by atoms with Crippen molar-refractivity contribution in [1.29, 1.82) is 0 Å². The van der Waals surface area contributed by atoms with Gasteiger partial charge in [0.05, 0.1) is 11.6 Å². The molecule has 2 aromatic rings. The Morgan fingerprint density at radius 2 is 1.87 bits per heavy atom. The molecule has 0 fully saturated rings. The largest absolute Gasteiger partial charge is 0.376 e. The summed E-state index contributed by atoms with van der Waals surface area (Å²) in [6, 6.07) is 12.0. The number of hydrogen-bond acceptors (Lipinski definition) is 2. The lowest BCUT2D eigenvalue weighted by Crippen LogP contribution is -2.24. The summed E-state index contributed by atoms with van der Waals surface area (Å²) in [4.78, 5) is 12.1. The average Bonchev–Trinajstić information content (AvgIpc) is 2.48. The second-order valence-corrected chi connectivity index (χ2v) is 6.73. The predicted octanol–water partition coefficient (Wildman–Crippen LogP) is 4.83. The summed E-state index contributed by atoms with van der Waals surface area (Å²) in [6.45, 7) is 6.35. The number of carbonyl (C=O) groups is 1. The topological polar surface area (TPSA) is 41.1 Å². The van der Waals surface area contributed by atoms with Crippen LogP contribution in [0.1, 0.15) is 26.3 Å². The van der Waals surface area contributed by atoms with Crippen molar-refractivity contribution in [2.75, 3.05) is 17.2 Å². The number of amides is 1. The molecule has 0 aliphatic heterocycles. The monoisotopic (exact) mass is 334 g/mol. The molecular formula is C18H20ClFN2O. The van der Waals surface area contributed by atoms with E-state index < -0.39 is 5.82 Å². The number of anilines is 2. The van der Waals surface area contributed by atoms with Gasteiger partial charge in [0.15, 0.2) is 0 Å². The van der Waals surface area contributed by atoms with Crippen molar-refractivity contribution >= 4 is 28.9 Å². The molecule has 23 heavy (non-hydrogen) atoms. The van der Waals surface area contributed by atoms with E-state index in [9.17, 15) is 9.18 Å². The first-order valence-electron chi connectivity index (χ1n) is 7.35. The normalized spacial score (nSPS) is 11.2. The summed E-state index contributed by atoms with van der Waals surface area (Å²) in [5, 5.41) is 5.85. The van der Waals surface area contributed by atoms with Crippen LogP contribution in [0, 0.1) is 5.82 Å². The van der Waals surface area contributed by atoms with Gasteiger partial charge in [-0.3, -0.25) is 4.79 Å². The fourth-order valence-corrected chi connectivity index (χ4v) is 2.41. The number of benzene rings is 2. The molecule has 0 heterocycles. The lowest BCUT2D eigenvalue weighted by atomic mass is 9.86. The van der Waals surface area contributed by atoms with Crippen LogP contribution in [-0.2, 0) is 10.2 Å². The number of carbonyl (C=O) groups excluding carboxylic acids is 1. The van der Waals surface area contributed by atoms with Crippen LogP contribution in [0.5, 0.6) is 0 Å². The summed E-state index contributed by atoms with van der Waals surface area (Å²) in [5.74, 6) is -0.664. The van der Waals surface area contributed by atoms with Gasteiger partial charge in [-0.1, -0.05) is 50.6 Å². The molecule has 0 unspecified atom stereocenters. The van der Waals surface area contributed by atoms with E-state index >= 15 is 0 Å². The van der Waals surface area contributed by atoms with Crippen LogP contribution in [0.3, 0.4) is 0 Å². The van der Waals surface area contributed by atoms with Crippen LogP contribution < -0.4 is 10.6 Å². The highest BCUT2D eigenvalue weighted by atomic mass is 35.5. The van der Waals surface area contributed by atoms with Crippen molar-refractivity contribution < 1.29 is 9.18 Å². The molecule has 0 atom stereocenters. The second kappa shape index (κ2) is 7.01. The van der Waals surface area contributed by atoms with Gasteiger partial charge in [-0.15, -0.1) is 0 Å². The highest BCUT2D eigenvalue weighted by Gasteiger charge is 2.18. The predicted molar refractivity (Wildman–Crippen MR) is 93.7 cm³/mol. The van der Waals surface area contributed by atoms with E-state index in [0.29, 0.717) is 5.69 Å². The first-order valence-corrected chi connectivity index (χ1v) is 7.73. The number of nitrogens with one attached hydrogen (secondary N) is 2. The fourth-order valence-electron chi connectivity index (χ4n) is 2.23. The minimum atomic E-state index is -0.485. The number of halogens is 2. The average molecular weight is 335 g/mol. The van der Waals surface area contributed by atoms with Gasteiger partial charge >= 0.3 is 0 Å². The van der Waals surface area contributed by atoms with Crippen LogP contribution in [-0.4, -0.2) is 12.5 Å². The van der Waals surface area contributed by atoms with Gasteiger partial charge in [0.2, 0.25) is 5.91 Å². The maximum atomic E-state index is 13.1. The summed E-state index contributed by atoms with van der Waals surface area (Å²) in [5.41, 5.74) is 2.39. The smallest absolute Gasteiger partial charge is 0.243 e. The Morgan fingerprint density at radius 1 is 1.17 bits per heavy atom. The number of hydrogen-bond donors (Lipinski definition) is 2. The van der Waals surface area contributed by atoms with E-state index in [-0.39, 0.29) is 22.9 Å². The number of rotatable bonds is 4. The van der Waals surface area contributed by atoms with Crippen LogP contribution >= 0.6 is 11.6 Å². The van der Waals surface area contributed by atoms with Crippen LogP contribution in [0.2, 0.25) is 5.02 Å². The van der Waals surface area contributed by atoms with Gasteiger partial charge < -0.3 is 10.6 Å². The van der Waals surface area contributed by atoms with Gasteiger partial charge in [0, 0.05) is 11.4 Å². The van der Waals surface area contributed by atoms with Crippen molar-refractivity contribution in [2.45, 2.75) is 26.2 Å². The Kier molecular flexibility index (Phi) is 5.26. The Bertz CT molecular complexity index is 710. The van der Waals surface area contributed by atoms with Crippen molar-refractivity contribution in [3.05, 3.63) is 58.9 Å². The van der Waals surface area contributed by atoms with Gasteiger partial charge in [-0.25, -0.2) is 4.39 Å². The molecule has 0 radical (unpaired) electrons. The molecule has 0 aliphatic rings. The highest BCUT2D eigenvalue weighted by molar-refractivity contribution is 6.31.